The van der Waals surface area contributed by atoms with E-state index < -0.39 is 0 Å². The van der Waals surface area contributed by atoms with E-state index in [1.807, 2.05) is 17.5 Å². The van der Waals surface area contributed by atoms with Crippen LogP contribution in [-0.4, -0.2) is 19.2 Å². The number of ether oxygens (including phenoxy) is 3. The van der Waals surface area contributed by atoms with Crippen molar-refractivity contribution < 1.29 is 14.2 Å². The average Bonchev–Trinajstić information content (AvgIpc) is 2.97. The van der Waals surface area contributed by atoms with E-state index in [1.54, 1.807) is 31.8 Å². The normalized spacial score (nSPS) is 10.3. The van der Waals surface area contributed by atoms with Gasteiger partial charge >= 0.3 is 0 Å². The van der Waals surface area contributed by atoms with Crippen LogP contribution in [0.15, 0.2) is 23.7 Å². The maximum absolute atomic E-state index is 5.78. The molecule has 0 saturated carbocycles. The second kappa shape index (κ2) is 6.77. The summed E-state index contributed by atoms with van der Waals surface area (Å²) >= 11 is 4.97. The average molecular weight is 344 g/mol. The second-order valence-corrected chi connectivity index (χ2v) is 5.22. The molecule has 0 N–H and O–H groups in total. The largest absolute Gasteiger partial charge is 0.493 e. The van der Waals surface area contributed by atoms with E-state index in [0.717, 1.165) is 15.9 Å². The monoisotopic (exact) mass is 343 g/mol. The summed E-state index contributed by atoms with van der Waals surface area (Å²) in [6.07, 6.45) is 1.76. The first-order chi connectivity index (χ1) is 9.28. The van der Waals surface area contributed by atoms with Gasteiger partial charge in [0, 0.05) is 16.9 Å². The van der Waals surface area contributed by atoms with Crippen molar-refractivity contribution in [1.29, 1.82) is 0 Å². The van der Waals surface area contributed by atoms with Gasteiger partial charge in [-0.05, 0) is 17.7 Å². The van der Waals surface area contributed by atoms with Gasteiger partial charge < -0.3 is 14.2 Å². The Balaban J connectivity index is 2.26. The van der Waals surface area contributed by atoms with E-state index in [0.29, 0.717) is 23.9 Å². The predicted molar refractivity (Wildman–Crippen MR) is 78.6 cm³/mol. The van der Waals surface area contributed by atoms with Crippen LogP contribution in [0, 0.1) is 0 Å². The summed E-state index contributed by atoms with van der Waals surface area (Å²) in [4.78, 5) is 4.18. The Morgan fingerprint density at radius 1 is 1.21 bits per heavy atom. The Morgan fingerprint density at radius 3 is 2.37 bits per heavy atom. The molecule has 0 aliphatic carbocycles. The number of thiazole rings is 1. The van der Waals surface area contributed by atoms with Gasteiger partial charge in [-0.25, -0.2) is 4.98 Å². The smallest absolute Gasteiger partial charge is 0.203 e. The summed E-state index contributed by atoms with van der Waals surface area (Å²) in [5.41, 5.74) is 1.07. The van der Waals surface area contributed by atoms with Crippen molar-refractivity contribution >= 4 is 27.3 Å². The van der Waals surface area contributed by atoms with Gasteiger partial charge in [-0.3, -0.25) is 0 Å². The fraction of sp³-hybridized carbons (Fsp3) is 0.308. The zero-order valence-electron chi connectivity index (χ0n) is 10.7. The van der Waals surface area contributed by atoms with Crippen LogP contribution in [0.2, 0.25) is 0 Å². The standard InChI is InChI=1S/C13H14BrNO3S/c1-16-10-5-9(7-14)6-11(17-2)13(10)18-8-12-15-3-4-19-12/h3-6H,7-8H2,1-2H3. The minimum Gasteiger partial charge on any atom is -0.493 e. The van der Waals surface area contributed by atoms with Crippen LogP contribution in [-0.2, 0) is 11.9 Å². The van der Waals surface area contributed by atoms with E-state index in [1.165, 1.54) is 0 Å². The molecule has 0 aliphatic heterocycles. The molecule has 4 nitrogen and oxygen atoms in total. The first kappa shape index (κ1) is 14.1. The fourth-order valence-electron chi connectivity index (χ4n) is 1.61. The van der Waals surface area contributed by atoms with Gasteiger partial charge in [-0.2, -0.15) is 0 Å². The molecule has 1 heterocycles. The Labute approximate surface area is 124 Å². The minimum absolute atomic E-state index is 0.401. The molecule has 0 atom stereocenters. The fourth-order valence-corrected chi connectivity index (χ4v) is 2.46. The van der Waals surface area contributed by atoms with Gasteiger partial charge in [0.05, 0.1) is 14.2 Å². The molecule has 0 bridgehead atoms. The van der Waals surface area contributed by atoms with Crippen molar-refractivity contribution in [2.24, 2.45) is 0 Å². The third-order valence-corrected chi connectivity index (χ3v) is 3.90. The van der Waals surface area contributed by atoms with Crippen molar-refractivity contribution in [1.82, 2.24) is 4.98 Å². The molecule has 0 aliphatic rings. The van der Waals surface area contributed by atoms with Crippen LogP contribution < -0.4 is 14.2 Å². The summed E-state index contributed by atoms with van der Waals surface area (Å²) in [7, 11) is 3.23. The number of aromatic nitrogens is 1. The van der Waals surface area contributed by atoms with Gasteiger partial charge in [0.25, 0.3) is 0 Å². The summed E-state index contributed by atoms with van der Waals surface area (Å²) < 4.78 is 16.5. The topological polar surface area (TPSA) is 40.6 Å². The Kier molecular flexibility index (Phi) is 5.04. The van der Waals surface area contributed by atoms with E-state index in [2.05, 4.69) is 20.9 Å². The molecular formula is C13H14BrNO3S. The molecule has 1 aromatic heterocycles. The van der Waals surface area contributed by atoms with Crippen molar-refractivity contribution in [3.63, 3.8) is 0 Å². The molecule has 6 heteroatoms. The van der Waals surface area contributed by atoms with E-state index in [4.69, 9.17) is 14.2 Å². The lowest BCUT2D eigenvalue weighted by Gasteiger charge is -2.15. The molecule has 2 rings (SSSR count). The van der Waals surface area contributed by atoms with Crippen molar-refractivity contribution in [2.75, 3.05) is 14.2 Å². The predicted octanol–water partition coefficient (Wildman–Crippen LogP) is 3.63. The quantitative estimate of drug-likeness (QED) is 0.751. The molecule has 19 heavy (non-hydrogen) atoms. The third-order valence-electron chi connectivity index (χ3n) is 2.50. The number of alkyl halides is 1. The van der Waals surface area contributed by atoms with Gasteiger partial charge in [0.2, 0.25) is 5.75 Å². The van der Waals surface area contributed by atoms with Crippen molar-refractivity contribution in [2.45, 2.75) is 11.9 Å². The van der Waals surface area contributed by atoms with Crippen LogP contribution in [0.5, 0.6) is 17.2 Å². The van der Waals surface area contributed by atoms with Gasteiger partial charge in [-0.15, -0.1) is 11.3 Å². The molecule has 0 unspecified atom stereocenters. The maximum Gasteiger partial charge on any atom is 0.203 e. The van der Waals surface area contributed by atoms with E-state index >= 15 is 0 Å². The SMILES string of the molecule is COc1cc(CBr)cc(OC)c1OCc1nccs1. The molecular weight excluding hydrogens is 330 g/mol. The van der Waals surface area contributed by atoms with E-state index in [9.17, 15) is 0 Å². The molecule has 1 aromatic carbocycles. The number of halogens is 1. The molecule has 0 radical (unpaired) electrons. The molecule has 0 saturated heterocycles. The minimum atomic E-state index is 0.401. The number of nitrogens with zero attached hydrogens (tertiary/aromatic N) is 1. The zero-order valence-corrected chi connectivity index (χ0v) is 13.1. The summed E-state index contributed by atoms with van der Waals surface area (Å²) in [6, 6.07) is 3.85. The summed E-state index contributed by atoms with van der Waals surface area (Å²) in [5.74, 6) is 1.92. The molecule has 2 aromatic rings. The number of hydrogen-bond donors (Lipinski definition) is 0. The molecule has 0 amide bonds. The van der Waals surface area contributed by atoms with E-state index in [-0.39, 0.29) is 0 Å². The molecule has 102 valence electrons. The Hall–Kier alpha value is -1.27. The van der Waals surface area contributed by atoms with Crippen LogP contribution in [0.4, 0.5) is 0 Å². The highest BCUT2D eigenvalue weighted by molar-refractivity contribution is 9.08. The maximum atomic E-state index is 5.78. The third kappa shape index (κ3) is 3.39. The molecule has 0 spiro atoms. The lowest BCUT2D eigenvalue weighted by molar-refractivity contribution is 0.265. The highest BCUT2D eigenvalue weighted by Crippen LogP contribution is 2.39. The Morgan fingerprint density at radius 2 is 1.89 bits per heavy atom. The lowest BCUT2D eigenvalue weighted by atomic mass is 10.2. The second-order valence-electron chi connectivity index (χ2n) is 3.68. The Bertz CT molecular complexity index is 506. The van der Waals surface area contributed by atoms with Crippen LogP contribution in [0.3, 0.4) is 0 Å². The van der Waals surface area contributed by atoms with Crippen LogP contribution in [0.1, 0.15) is 10.6 Å². The van der Waals surface area contributed by atoms with Crippen LogP contribution in [0.25, 0.3) is 0 Å². The molecule has 0 fully saturated rings. The number of rotatable bonds is 6. The first-order valence-corrected chi connectivity index (χ1v) is 7.60. The number of benzene rings is 1. The first-order valence-electron chi connectivity index (χ1n) is 5.60. The lowest BCUT2D eigenvalue weighted by Crippen LogP contribution is -2.00. The summed E-state index contributed by atoms with van der Waals surface area (Å²) in [5, 5.41) is 3.56. The highest BCUT2D eigenvalue weighted by Gasteiger charge is 2.14. The van der Waals surface area contributed by atoms with Gasteiger partial charge in [0.1, 0.15) is 11.6 Å². The zero-order chi connectivity index (χ0) is 13.7. The van der Waals surface area contributed by atoms with Gasteiger partial charge in [-0.1, -0.05) is 15.9 Å². The highest BCUT2D eigenvalue weighted by atomic mass is 79.9. The van der Waals surface area contributed by atoms with Gasteiger partial charge in [0.15, 0.2) is 11.5 Å². The summed E-state index contributed by atoms with van der Waals surface area (Å²) in [6.45, 7) is 0.401. The van der Waals surface area contributed by atoms with Crippen LogP contribution >= 0.6 is 27.3 Å². The number of methoxy groups -OCH3 is 2. The van der Waals surface area contributed by atoms with Crippen molar-refractivity contribution in [3.8, 4) is 17.2 Å². The number of hydrogen-bond acceptors (Lipinski definition) is 5. The van der Waals surface area contributed by atoms with Crippen molar-refractivity contribution in [3.05, 3.63) is 34.3 Å².